The van der Waals surface area contributed by atoms with E-state index in [0.29, 0.717) is 24.7 Å². The van der Waals surface area contributed by atoms with Crippen LogP contribution in [0.2, 0.25) is 0 Å². The lowest BCUT2D eigenvalue weighted by molar-refractivity contribution is -0.136. The van der Waals surface area contributed by atoms with Gasteiger partial charge in [0.15, 0.2) is 11.5 Å². The third-order valence-electron chi connectivity index (χ3n) is 5.98. The van der Waals surface area contributed by atoms with Gasteiger partial charge in [0.25, 0.3) is 0 Å². The van der Waals surface area contributed by atoms with Crippen molar-refractivity contribution in [3.05, 3.63) is 46.2 Å². The summed E-state index contributed by atoms with van der Waals surface area (Å²) in [5, 5.41) is 4.99. The number of para-hydroxylation sites is 2. The molecule has 1 N–H and O–H groups in total. The fourth-order valence-corrected chi connectivity index (χ4v) is 4.92. The van der Waals surface area contributed by atoms with Crippen LogP contribution in [-0.4, -0.2) is 60.6 Å². The van der Waals surface area contributed by atoms with E-state index >= 15 is 0 Å². The highest BCUT2D eigenvalue weighted by atomic mass is 32.1. The van der Waals surface area contributed by atoms with Crippen molar-refractivity contribution in [1.82, 2.24) is 15.1 Å². The van der Waals surface area contributed by atoms with Gasteiger partial charge >= 0.3 is 6.03 Å². The minimum Gasteiger partial charge on any atom is -0.493 e. The molecule has 2 heterocycles. The molecule has 1 aromatic heterocycles. The maximum absolute atomic E-state index is 13.5. The predicted octanol–water partition coefficient (Wildman–Crippen LogP) is 4.48. The minimum absolute atomic E-state index is 0.00418. The second-order valence-corrected chi connectivity index (χ2v) is 9.60. The Kier molecular flexibility index (Phi) is 8.61. The van der Waals surface area contributed by atoms with E-state index in [9.17, 15) is 9.59 Å². The van der Waals surface area contributed by atoms with Crippen molar-refractivity contribution in [2.24, 2.45) is 0 Å². The van der Waals surface area contributed by atoms with Crippen LogP contribution in [0.3, 0.4) is 0 Å². The van der Waals surface area contributed by atoms with Gasteiger partial charge in [0.1, 0.15) is 13.2 Å². The molecular weight excluding hydrogens is 438 g/mol. The normalized spacial score (nSPS) is 16.2. The minimum atomic E-state index is -0.218. The van der Waals surface area contributed by atoms with E-state index in [1.165, 1.54) is 4.88 Å². The van der Waals surface area contributed by atoms with E-state index in [1.54, 1.807) is 23.3 Å². The number of fused-ring (bicyclic) bond motifs is 1. The number of hydrogen-bond acceptors (Lipinski definition) is 5. The largest absolute Gasteiger partial charge is 0.493 e. The summed E-state index contributed by atoms with van der Waals surface area (Å²) in [7, 11) is 1.61. The molecular formula is C25H35N3O4S. The van der Waals surface area contributed by atoms with Gasteiger partial charge in [-0.25, -0.2) is 4.79 Å². The maximum Gasteiger partial charge on any atom is 0.318 e. The van der Waals surface area contributed by atoms with E-state index in [2.05, 4.69) is 16.8 Å². The Bertz CT molecular complexity index is 945. The summed E-state index contributed by atoms with van der Waals surface area (Å²) in [6.45, 7) is 8.79. The van der Waals surface area contributed by atoms with Crippen LogP contribution in [0.1, 0.15) is 50.6 Å². The summed E-state index contributed by atoms with van der Waals surface area (Å²) in [4.78, 5) is 31.1. The number of amides is 3. The van der Waals surface area contributed by atoms with Crippen LogP contribution in [0.15, 0.2) is 35.7 Å². The topological polar surface area (TPSA) is 71.1 Å². The fourth-order valence-electron chi connectivity index (χ4n) is 4.00. The molecule has 2 aromatic rings. The number of nitrogens with one attached hydrogen (secondary N) is 1. The quantitative estimate of drug-likeness (QED) is 0.583. The first-order valence-electron chi connectivity index (χ1n) is 11.5. The Labute approximate surface area is 200 Å². The molecule has 180 valence electrons. The average Bonchev–Trinajstić information content (AvgIpc) is 3.29. The highest BCUT2D eigenvalue weighted by Crippen LogP contribution is 2.35. The molecule has 2 unspecified atom stereocenters. The summed E-state index contributed by atoms with van der Waals surface area (Å²) in [5.74, 6) is 1.23. The third kappa shape index (κ3) is 5.99. The standard InChI is InChI=1S/C25H35N3O4S/c1-6-18(4)28(25(30)26-17(2)3)15-24(29)27-13-11-23-19(12-14-33-23)20(27)16-32-22-10-8-7-9-21(22)31-5/h7-10,12,14,17-18,20H,6,11,13,15-16H2,1-5H3,(H,26,30). The zero-order chi connectivity index (χ0) is 24.0. The molecule has 3 rings (SSSR count). The first-order valence-corrected chi connectivity index (χ1v) is 12.4. The number of benzene rings is 1. The smallest absolute Gasteiger partial charge is 0.318 e. The summed E-state index contributed by atoms with van der Waals surface area (Å²) in [6.07, 6.45) is 1.58. The van der Waals surface area contributed by atoms with Crippen LogP contribution in [0.4, 0.5) is 4.79 Å². The van der Waals surface area contributed by atoms with Crippen molar-refractivity contribution in [2.45, 2.75) is 58.7 Å². The lowest BCUT2D eigenvalue weighted by atomic mass is 10.00. The van der Waals surface area contributed by atoms with Gasteiger partial charge in [0.2, 0.25) is 5.91 Å². The Hall–Kier alpha value is -2.74. The lowest BCUT2D eigenvalue weighted by Crippen LogP contribution is -2.53. The number of thiophene rings is 1. The van der Waals surface area contributed by atoms with Gasteiger partial charge in [-0.15, -0.1) is 11.3 Å². The first-order chi connectivity index (χ1) is 15.8. The van der Waals surface area contributed by atoms with Gasteiger partial charge in [-0.1, -0.05) is 19.1 Å². The highest BCUT2D eigenvalue weighted by Gasteiger charge is 2.34. The molecule has 0 bridgehead atoms. The SMILES string of the molecule is CCC(C)N(CC(=O)N1CCc2sccc2C1COc1ccccc1OC)C(=O)NC(C)C. The van der Waals surface area contributed by atoms with Crippen LogP contribution in [0.5, 0.6) is 11.5 Å². The maximum atomic E-state index is 13.5. The Morgan fingerprint density at radius 1 is 1.21 bits per heavy atom. The summed E-state index contributed by atoms with van der Waals surface area (Å²) >= 11 is 1.71. The molecule has 33 heavy (non-hydrogen) atoms. The fraction of sp³-hybridized carbons (Fsp3) is 0.520. The van der Waals surface area contributed by atoms with Crippen LogP contribution >= 0.6 is 11.3 Å². The molecule has 2 atom stereocenters. The molecule has 0 saturated heterocycles. The van der Waals surface area contributed by atoms with Crippen molar-refractivity contribution in [2.75, 3.05) is 26.8 Å². The number of carbonyl (C=O) groups is 2. The summed E-state index contributed by atoms with van der Waals surface area (Å²) in [5.41, 5.74) is 1.12. The summed E-state index contributed by atoms with van der Waals surface area (Å²) in [6, 6.07) is 9.12. The van der Waals surface area contributed by atoms with Crippen molar-refractivity contribution < 1.29 is 19.1 Å². The number of rotatable bonds is 9. The number of urea groups is 1. The zero-order valence-corrected chi connectivity index (χ0v) is 21.0. The molecule has 0 radical (unpaired) electrons. The number of methoxy groups -OCH3 is 1. The molecule has 8 heteroatoms. The van der Waals surface area contributed by atoms with E-state index in [0.717, 1.165) is 18.4 Å². The number of hydrogen-bond donors (Lipinski definition) is 1. The Balaban J connectivity index is 1.80. The molecule has 1 aliphatic rings. The summed E-state index contributed by atoms with van der Waals surface area (Å²) < 4.78 is 11.5. The van der Waals surface area contributed by atoms with Gasteiger partial charge < -0.3 is 24.6 Å². The molecule has 1 aliphatic heterocycles. The van der Waals surface area contributed by atoms with Crippen molar-refractivity contribution >= 4 is 23.3 Å². The van der Waals surface area contributed by atoms with Crippen molar-refractivity contribution in [3.63, 3.8) is 0 Å². The van der Waals surface area contributed by atoms with Crippen LogP contribution in [-0.2, 0) is 11.2 Å². The zero-order valence-electron chi connectivity index (χ0n) is 20.2. The van der Waals surface area contributed by atoms with Gasteiger partial charge in [0, 0.05) is 23.5 Å². The van der Waals surface area contributed by atoms with Gasteiger partial charge in [-0.3, -0.25) is 4.79 Å². The number of ether oxygens (including phenoxy) is 2. The molecule has 0 aliphatic carbocycles. The molecule has 0 fully saturated rings. The average molecular weight is 474 g/mol. The second kappa shape index (κ2) is 11.4. The van der Waals surface area contributed by atoms with E-state index < -0.39 is 0 Å². The van der Waals surface area contributed by atoms with Crippen LogP contribution in [0, 0.1) is 0 Å². The Morgan fingerprint density at radius 3 is 2.61 bits per heavy atom. The van der Waals surface area contributed by atoms with Crippen LogP contribution in [0.25, 0.3) is 0 Å². The highest BCUT2D eigenvalue weighted by molar-refractivity contribution is 7.10. The van der Waals surface area contributed by atoms with E-state index in [1.807, 2.05) is 56.9 Å². The molecule has 1 aromatic carbocycles. The van der Waals surface area contributed by atoms with Crippen molar-refractivity contribution in [1.29, 1.82) is 0 Å². The predicted molar refractivity (Wildman–Crippen MR) is 131 cm³/mol. The Morgan fingerprint density at radius 2 is 1.94 bits per heavy atom. The van der Waals surface area contributed by atoms with Crippen molar-refractivity contribution in [3.8, 4) is 11.5 Å². The first kappa shape index (κ1) is 24.9. The monoisotopic (exact) mass is 473 g/mol. The van der Waals surface area contributed by atoms with E-state index in [-0.39, 0.29) is 36.6 Å². The molecule has 7 nitrogen and oxygen atoms in total. The number of carbonyl (C=O) groups excluding carboxylic acids is 2. The lowest BCUT2D eigenvalue weighted by Gasteiger charge is -2.38. The molecule has 0 saturated carbocycles. The van der Waals surface area contributed by atoms with E-state index in [4.69, 9.17) is 9.47 Å². The van der Waals surface area contributed by atoms with Crippen LogP contribution < -0.4 is 14.8 Å². The number of nitrogens with zero attached hydrogens (tertiary/aromatic N) is 2. The second-order valence-electron chi connectivity index (χ2n) is 8.60. The van der Waals surface area contributed by atoms with Gasteiger partial charge in [0.05, 0.1) is 13.2 Å². The van der Waals surface area contributed by atoms with Gasteiger partial charge in [-0.2, -0.15) is 0 Å². The molecule has 0 spiro atoms. The molecule has 3 amide bonds. The third-order valence-corrected chi connectivity index (χ3v) is 6.98. The van der Waals surface area contributed by atoms with Gasteiger partial charge in [-0.05, 0) is 62.8 Å².